The van der Waals surface area contributed by atoms with Gasteiger partial charge in [-0.25, -0.2) is 14.4 Å². The van der Waals surface area contributed by atoms with Crippen LogP contribution in [0.15, 0.2) is 66.8 Å². The number of nitrogens with zero attached hydrogens (tertiary/aromatic N) is 2. The molecule has 2 aromatic carbocycles. The van der Waals surface area contributed by atoms with E-state index in [9.17, 15) is 19.2 Å². The van der Waals surface area contributed by atoms with Crippen molar-refractivity contribution in [2.75, 3.05) is 62.9 Å². The average Bonchev–Trinajstić information content (AvgIpc) is 3.06. The number of anilines is 3. The zero-order valence-electron chi connectivity index (χ0n) is 23.8. The van der Waals surface area contributed by atoms with Crippen LogP contribution in [0.3, 0.4) is 0 Å². The van der Waals surface area contributed by atoms with Gasteiger partial charge in [0, 0.05) is 50.0 Å². The van der Waals surface area contributed by atoms with E-state index in [2.05, 4.69) is 10.2 Å². The molecule has 4 N–H and O–H groups in total. The van der Waals surface area contributed by atoms with Crippen molar-refractivity contribution in [1.82, 2.24) is 5.32 Å². The van der Waals surface area contributed by atoms with E-state index in [0.29, 0.717) is 62.2 Å². The standard InChI is InChI=1S/C26H32ClN3O5.C4H4O4/c1-34-17-18-35-16-15-30-23-8-3-2-7-22(23)29(14-5-4-12-28-13-6-9-25(31)32)24-19-20(27)10-11-21(24)26(30)33;5-3(6)1-2-4(7)8/h2-3,6-11,19,28H,4-5,12-18H2,1H3,(H,31,32);1-2H,(H,5,6)(H,7,8)/b9-6+;2-1-. The number of halogens is 1. The number of amides is 1. The largest absolute Gasteiger partial charge is 0.478 e. The molecule has 0 aromatic heterocycles. The number of rotatable bonds is 16. The monoisotopic (exact) mass is 617 g/mol. The third kappa shape index (κ3) is 12.3. The highest BCUT2D eigenvalue weighted by atomic mass is 35.5. The molecule has 12 nitrogen and oxygen atoms in total. The Labute approximate surface area is 254 Å². The normalized spacial score (nSPS) is 12.5. The number of para-hydroxylation sites is 2. The number of ether oxygens (including phenoxy) is 2. The van der Waals surface area contributed by atoms with E-state index in [1.165, 1.54) is 0 Å². The Morgan fingerprint density at radius 3 is 2.12 bits per heavy atom. The summed E-state index contributed by atoms with van der Waals surface area (Å²) in [5, 5.41) is 28.1. The predicted octanol–water partition coefficient (Wildman–Crippen LogP) is 3.82. The van der Waals surface area contributed by atoms with E-state index < -0.39 is 17.9 Å². The van der Waals surface area contributed by atoms with Gasteiger partial charge in [-0.15, -0.1) is 0 Å². The minimum atomic E-state index is -1.26. The highest BCUT2D eigenvalue weighted by Crippen LogP contribution is 2.41. The summed E-state index contributed by atoms with van der Waals surface area (Å²) in [6, 6.07) is 13.3. The van der Waals surface area contributed by atoms with Crippen molar-refractivity contribution >= 4 is 52.5 Å². The number of fused-ring (bicyclic) bond motifs is 2. The highest BCUT2D eigenvalue weighted by molar-refractivity contribution is 6.31. The Morgan fingerprint density at radius 2 is 1.49 bits per heavy atom. The second-order valence-electron chi connectivity index (χ2n) is 9.03. The van der Waals surface area contributed by atoms with E-state index in [-0.39, 0.29) is 5.91 Å². The van der Waals surface area contributed by atoms with Crippen molar-refractivity contribution in [3.8, 4) is 0 Å². The minimum absolute atomic E-state index is 0.0890. The quantitative estimate of drug-likeness (QED) is 0.160. The van der Waals surface area contributed by atoms with Gasteiger partial charge in [-0.1, -0.05) is 29.8 Å². The van der Waals surface area contributed by atoms with Crippen LogP contribution in [0.1, 0.15) is 23.2 Å². The molecule has 3 rings (SSSR count). The number of carbonyl (C=O) groups is 4. The lowest BCUT2D eigenvalue weighted by Crippen LogP contribution is -2.33. The number of benzene rings is 2. The Bertz CT molecular complexity index is 1280. The molecule has 0 fully saturated rings. The number of hydrogen-bond donors (Lipinski definition) is 4. The van der Waals surface area contributed by atoms with Crippen LogP contribution in [0.5, 0.6) is 0 Å². The molecule has 0 bridgehead atoms. The first-order valence-electron chi connectivity index (χ1n) is 13.4. The number of carboxylic acid groups (broad SMARTS) is 3. The summed E-state index contributed by atoms with van der Waals surface area (Å²) in [6.45, 7) is 3.75. The molecule has 43 heavy (non-hydrogen) atoms. The maximum absolute atomic E-state index is 13.6. The van der Waals surface area contributed by atoms with Crippen molar-refractivity contribution in [3.63, 3.8) is 0 Å². The Hall–Kier alpha value is -4.23. The van der Waals surface area contributed by atoms with Crippen molar-refractivity contribution in [3.05, 3.63) is 77.4 Å². The lowest BCUT2D eigenvalue weighted by molar-refractivity contribution is -0.134. The van der Waals surface area contributed by atoms with Gasteiger partial charge in [0.05, 0.1) is 42.4 Å². The molecule has 0 atom stereocenters. The fraction of sp³-hybridized carbons (Fsp3) is 0.333. The van der Waals surface area contributed by atoms with Gasteiger partial charge in [-0.3, -0.25) is 4.79 Å². The average molecular weight is 618 g/mol. The van der Waals surface area contributed by atoms with Gasteiger partial charge in [0.2, 0.25) is 0 Å². The molecule has 0 saturated heterocycles. The van der Waals surface area contributed by atoms with Gasteiger partial charge < -0.3 is 39.9 Å². The Kier molecular flexibility index (Phi) is 15.5. The number of hydrogen-bond acceptors (Lipinski definition) is 8. The minimum Gasteiger partial charge on any atom is -0.478 e. The Balaban J connectivity index is 0.000000708. The maximum atomic E-state index is 13.6. The van der Waals surface area contributed by atoms with Crippen molar-refractivity contribution in [1.29, 1.82) is 0 Å². The van der Waals surface area contributed by atoms with Crippen LogP contribution < -0.4 is 15.1 Å². The van der Waals surface area contributed by atoms with Crippen molar-refractivity contribution in [2.45, 2.75) is 12.8 Å². The summed E-state index contributed by atoms with van der Waals surface area (Å²) in [6.07, 6.45) is 5.59. The van der Waals surface area contributed by atoms with Gasteiger partial charge in [-0.2, -0.15) is 0 Å². The van der Waals surface area contributed by atoms with Gasteiger partial charge in [-0.05, 0) is 49.7 Å². The van der Waals surface area contributed by atoms with E-state index in [1.54, 1.807) is 30.2 Å². The number of methoxy groups -OCH3 is 1. The van der Waals surface area contributed by atoms with E-state index in [4.69, 9.17) is 36.4 Å². The zero-order chi connectivity index (χ0) is 31.6. The fourth-order valence-corrected chi connectivity index (χ4v) is 4.25. The summed E-state index contributed by atoms with van der Waals surface area (Å²) in [7, 11) is 1.63. The first-order chi connectivity index (χ1) is 20.6. The lowest BCUT2D eigenvalue weighted by atomic mass is 10.1. The number of carbonyl (C=O) groups excluding carboxylic acids is 1. The van der Waals surface area contributed by atoms with Crippen LogP contribution in [-0.4, -0.2) is 92.2 Å². The van der Waals surface area contributed by atoms with Crippen LogP contribution in [0.25, 0.3) is 0 Å². The van der Waals surface area contributed by atoms with Crippen molar-refractivity contribution < 1.29 is 44.0 Å². The SMILES string of the molecule is COCCOCCN1C(=O)c2ccc(Cl)cc2N(CCCCNC/C=C/C(=O)O)c2ccccc21.O=C(O)/C=C\C(=O)O. The lowest BCUT2D eigenvalue weighted by Gasteiger charge is -2.27. The Morgan fingerprint density at radius 1 is 0.837 bits per heavy atom. The smallest absolute Gasteiger partial charge is 0.328 e. The number of aliphatic carboxylic acids is 3. The number of carboxylic acids is 3. The molecule has 0 spiro atoms. The van der Waals surface area contributed by atoms with Gasteiger partial charge in [0.25, 0.3) is 5.91 Å². The summed E-state index contributed by atoms with van der Waals surface area (Å²) in [5.41, 5.74) is 3.16. The second kappa shape index (κ2) is 19.1. The van der Waals surface area contributed by atoms with Gasteiger partial charge >= 0.3 is 17.9 Å². The maximum Gasteiger partial charge on any atom is 0.328 e. The highest BCUT2D eigenvalue weighted by Gasteiger charge is 2.30. The molecular formula is C30H36ClN3O9. The van der Waals surface area contributed by atoms with Gasteiger partial charge in [0.15, 0.2) is 0 Å². The third-order valence-corrected chi connectivity index (χ3v) is 6.19. The summed E-state index contributed by atoms with van der Waals surface area (Å²) < 4.78 is 10.7. The van der Waals surface area contributed by atoms with Crippen LogP contribution in [0, 0.1) is 0 Å². The molecular weight excluding hydrogens is 582 g/mol. The van der Waals surface area contributed by atoms with E-state index in [0.717, 1.165) is 42.5 Å². The summed E-state index contributed by atoms with van der Waals surface area (Å²) in [5.74, 6) is -3.55. The number of unbranched alkanes of at least 4 members (excludes halogenated alkanes) is 1. The van der Waals surface area contributed by atoms with E-state index in [1.807, 2.05) is 30.3 Å². The molecule has 0 unspecified atom stereocenters. The fourth-order valence-electron chi connectivity index (χ4n) is 4.08. The van der Waals surface area contributed by atoms with Crippen LogP contribution in [0.2, 0.25) is 5.02 Å². The number of nitrogens with one attached hydrogen (secondary N) is 1. The molecule has 0 aliphatic carbocycles. The van der Waals surface area contributed by atoms with Crippen LogP contribution in [0.4, 0.5) is 17.1 Å². The zero-order valence-corrected chi connectivity index (χ0v) is 24.5. The topological polar surface area (TPSA) is 166 Å². The molecule has 1 aliphatic heterocycles. The molecule has 13 heteroatoms. The summed E-state index contributed by atoms with van der Waals surface area (Å²) >= 11 is 6.35. The molecule has 232 valence electrons. The first-order valence-corrected chi connectivity index (χ1v) is 13.8. The molecule has 0 radical (unpaired) electrons. The summed E-state index contributed by atoms with van der Waals surface area (Å²) in [4.78, 5) is 47.2. The van der Waals surface area contributed by atoms with E-state index >= 15 is 0 Å². The predicted molar refractivity (Wildman–Crippen MR) is 163 cm³/mol. The molecule has 0 saturated carbocycles. The third-order valence-electron chi connectivity index (χ3n) is 5.96. The van der Waals surface area contributed by atoms with Gasteiger partial charge in [0.1, 0.15) is 0 Å². The molecule has 2 aromatic rings. The second-order valence-corrected chi connectivity index (χ2v) is 9.46. The molecule has 1 heterocycles. The first kappa shape index (κ1) is 35.0. The van der Waals surface area contributed by atoms with Crippen molar-refractivity contribution in [2.24, 2.45) is 0 Å². The van der Waals surface area contributed by atoms with Crippen LogP contribution >= 0.6 is 11.6 Å². The molecule has 1 amide bonds. The van der Waals surface area contributed by atoms with Crippen LogP contribution in [-0.2, 0) is 23.9 Å². The molecule has 1 aliphatic rings.